The van der Waals surface area contributed by atoms with E-state index in [1.165, 1.54) is 6.07 Å². The maximum atomic E-state index is 15.0. The van der Waals surface area contributed by atoms with Gasteiger partial charge in [0.2, 0.25) is 10.8 Å². The number of piperidine rings is 1. The number of likely N-dealkylation sites (tertiary alicyclic amines) is 1. The third-order valence-corrected chi connectivity index (χ3v) is 9.76. The number of imidazole rings is 1. The smallest absolute Gasteiger partial charge is 0.365 e. The number of carboxylic acid groups (broad SMARTS) is 1. The third kappa shape index (κ3) is 5.07. The highest BCUT2D eigenvalue weighted by atomic mass is 35.5. The van der Waals surface area contributed by atoms with Gasteiger partial charge in [-0.15, -0.1) is 0 Å². The molecule has 1 N–H and O–H groups in total. The van der Waals surface area contributed by atoms with Gasteiger partial charge in [0, 0.05) is 24.1 Å². The monoisotopic (exact) mass is 612 g/mol. The van der Waals surface area contributed by atoms with E-state index in [4.69, 9.17) is 30.8 Å². The lowest BCUT2D eigenvalue weighted by atomic mass is 9.85. The fraction of sp³-hybridized carbons (Fsp3) is 0.433. The molecule has 3 atom stereocenters. The van der Waals surface area contributed by atoms with Crippen LogP contribution < -0.4 is 4.74 Å². The largest absolute Gasteiger partial charge is 0.476 e. The maximum Gasteiger partial charge on any atom is 0.365 e. The van der Waals surface area contributed by atoms with Gasteiger partial charge in [-0.05, 0) is 62.5 Å². The highest BCUT2D eigenvalue weighted by Gasteiger charge is 2.44. The Balaban J connectivity index is 1.09. The van der Waals surface area contributed by atoms with E-state index in [9.17, 15) is 9.90 Å². The highest BCUT2D eigenvalue weighted by Crippen LogP contribution is 2.49. The fourth-order valence-corrected chi connectivity index (χ4v) is 7.21. The fourth-order valence-electron chi connectivity index (χ4n) is 6.17. The van der Waals surface area contributed by atoms with Gasteiger partial charge in [0.1, 0.15) is 22.2 Å². The van der Waals surface area contributed by atoms with Crippen molar-refractivity contribution < 1.29 is 28.5 Å². The minimum absolute atomic E-state index is 0.0466. The van der Waals surface area contributed by atoms with E-state index in [1.54, 1.807) is 19.1 Å². The summed E-state index contributed by atoms with van der Waals surface area (Å²) in [6.07, 6.45) is 2.56. The van der Waals surface area contributed by atoms with Crippen molar-refractivity contribution in [2.24, 2.45) is 5.92 Å². The molecule has 0 amide bonds. The summed E-state index contributed by atoms with van der Waals surface area (Å²) in [5.74, 6) is -1.04. The lowest BCUT2D eigenvalue weighted by molar-refractivity contribution is -0.243. The van der Waals surface area contributed by atoms with Crippen molar-refractivity contribution in [3.63, 3.8) is 0 Å². The van der Waals surface area contributed by atoms with Crippen LogP contribution in [0.4, 0.5) is 4.39 Å². The average molecular weight is 613 g/mol. The molecule has 220 valence electrons. The Kier molecular flexibility index (Phi) is 7.18. The first-order chi connectivity index (χ1) is 20.3. The summed E-state index contributed by atoms with van der Waals surface area (Å²) in [6.45, 7) is 5.43. The molecule has 12 heteroatoms. The second-order valence-corrected chi connectivity index (χ2v) is 12.6. The van der Waals surface area contributed by atoms with E-state index in [0.29, 0.717) is 35.1 Å². The molecule has 5 heterocycles. The number of para-hydroxylation sites is 1. The topological polar surface area (TPSA) is 98.9 Å². The zero-order valence-electron chi connectivity index (χ0n) is 23.0. The minimum atomic E-state index is -1.30. The number of carboxylic acids is 1. The van der Waals surface area contributed by atoms with Crippen LogP contribution in [0.3, 0.4) is 0 Å². The van der Waals surface area contributed by atoms with Gasteiger partial charge in [-0.2, -0.15) is 0 Å². The van der Waals surface area contributed by atoms with Gasteiger partial charge in [0.05, 0.1) is 30.9 Å². The van der Waals surface area contributed by atoms with E-state index in [0.717, 1.165) is 66.5 Å². The number of fused-ring (bicyclic) bond motifs is 2. The minimum Gasteiger partial charge on any atom is -0.476 e. The van der Waals surface area contributed by atoms with Crippen LogP contribution in [-0.2, 0) is 28.4 Å². The molecule has 2 aromatic carbocycles. The molecular weight excluding hydrogens is 583 g/mol. The van der Waals surface area contributed by atoms with Gasteiger partial charge < -0.3 is 23.9 Å². The lowest BCUT2D eigenvalue weighted by Crippen LogP contribution is -2.43. The van der Waals surface area contributed by atoms with Gasteiger partial charge in [0.25, 0.3) is 0 Å². The molecule has 0 spiro atoms. The molecule has 0 aliphatic carbocycles. The number of aromatic nitrogens is 3. The van der Waals surface area contributed by atoms with Crippen molar-refractivity contribution in [1.82, 2.24) is 19.4 Å². The Hall–Kier alpha value is -3.09. The zero-order chi connectivity index (χ0) is 29.0. The molecule has 0 radical (unpaired) electrons. The van der Waals surface area contributed by atoms with Crippen molar-refractivity contribution >= 4 is 39.4 Å². The molecule has 9 nitrogen and oxygen atoms in total. The second-order valence-electron chi connectivity index (χ2n) is 11.2. The number of thiazole rings is 1. The van der Waals surface area contributed by atoms with Crippen LogP contribution in [0.1, 0.15) is 59.0 Å². The van der Waals surface area contributed by atoms with Crippen LogP contribution in [0.2, 0.25) is 5.02 Å². The number of nitrogens with zero attached hydrogens (tertiary/aromatic N) is 4. The molecule has 0 saturated carbocycles. The average Bonchev–Trinajstić information content (AvgIpc) is 3.49. The van der Waals surface area contributed by atoms with Gasteiger partial charge in [-0.3, -0.25) is 4.90 Å². The van der Waals surface area contributed by atoms with E-state index >= 15 is 4.39 Å². The second kappa shape index (κ2) is 10.9. The molecule has 0 bridgehead atoms. The summed E-state index contributed by atoms with van der Waals surface area (Å²) in [6, 6.07) is 12.4. The molecule has 2 fully saturated rings. The predicted molar refractivity (Wildman–Crippen MR) is 154 cm³/mol. The summed E-state index contributed by atoms with van der Waals surface area (Å²) >= 11 is 7.18. The lowest BCUT2D eigenvalue weighted by Gasteiger charge is -2.44. The van der Waals surface area contributed by atoms with Crippen molar-refractivity contribution in [3.8, 4) is 5.75 Å². The third-order valence-electron chi connectivity index (χ3n) is 8.47. The van der Waals surface area contributed by atoms with Gasteiger partial charge in [-0.1, -0.05) is 41.1 Å². The number of hydrogen-bond donors (Lipinski definition) is 1. The Morgan fingerprint density at radius 3 is 2.69 bits per heavy atom. The first-order valence-corrected chi connectivity index (χ1v) is 15.3. The van der Waals surface area contributed by atoms with Crippen molar-refractivity contribution in [1.29, 1.82) is 0 Å². The summed E-state index contributed by atoms with van der Waals surface area (Å²) in [5, 5.41) is 9.78. The Labute approximate surface area is 250 Å². The molecular formula is C30H30ClFN4O5S. The number of halogens is 2. The number of rotatable bonds is 7. The highest BCUT2D eigenvalue weighted by molar-refractivity contribution is 7.19. The van der Waals surface area contributed by atoms with Crippen LogP contribution in [0.15, 0.2) is 42.5 Å². The summed E-state index contributed by atoms with van der Waals surface area (Å²) in [5.41, 5.74) is 1.76. The predicted octanol–water partition coefficient (Wildman–Crippen LogP) is 6.01. The standard InChI is InChI=1S/C30H30ClFN4O5S/c1-30(21-7-6-18(31)14-22(21)32)40-23-5-3-2-4-20(23)25(41-30)17-8-11-35(12-9-17)16-24-33-26-28(42-27(34-26)29(37)38)36(24)15-19-10-13-39-19/h2-7,14,17,19,25H,8-13,15-16H2,1H3,(H,37,38)/t19-,25?,30+/m0/s1. The molecule has 3 aliphatic heterocycles. The van der Waals surface area contributed by atoms with Crippen molar-refractivity contribution in [3.05, 3.63) is 75.3 Å². The quantitative estimate of drug-likeness (QED) is 0.271. The van der Waals surface area contributed by atoms with Gasteiger partial charge in [0.15, 0.2) is 5.65 Å². The van der Waals surface area contributed by atoms with Crippen LogP contribution in [0.5, 0.6) is 5.75 Å². The van der Waals surface area contributed by atoms with Crippen LogP contribution in [0, 0.1) is 11.7 Å². The number of aromatic carboxylic acids is 1. The number of hydrogen-bond acceptors (Lipinski definition) is 8. The van der Waals surface area contributed by atoms with Crippen LogP contribution in [0.25, 0.3) is 10.5 Å². The zero-order valence-corrected chi connectivity index (χ0v) is 24.5. The van der Waals surface area contributed by atoms with Crippen molar-refractivity contribution in [2.75, 3.05) is 19.7 Å². The molecule has 7 rings (SSSR count). The maximum absolute atomic E-state index is 15.0. The molecule has 42 heavy (non-hydrogen) atoms. The normalized spacial score (nSPS) is 24.7. The van der Waals surface area contributed by atoms with Gasteiger partial charge in [-0.25, -0.2) is 19.2 Å². The van der Waals surface area contributed by atoms with Crippen LogP contribution in [-0.4, -0.2) is 56.3 Å². The van der Waals surface area contributed by atoms with E-state index in [2.05, 4.69) is 14.5 Å². The number of carbonyl (C=O) groups is 1. The first kappa shape index (κ1) is 27.7. The van der Waals surface area contributed by atoms with E-state index in [-0.39, 0.29) is 23.1 Å². The number of benzene rings is 2. The summed E-state index contributed by atoms with van der Waals surface area (Å²) in [7, 11) is 0. The van der Waals surface area contributed by atoms with E-state index in [1.807, 2.05) is 24.3 Å². The summed E-state index contributed by atoms with van der Waals surface area (Å²) < 4.78 is 35.7. The molecule has 2 aromatic heterocycles. The Morgan fingerprint density at radius 2 is 1.98 bits per heavy atom. The molecule has 1 unspecified atom stereocenters. The van der Waals surface area contributed by atoms with Crippen LogP contribution >= 0.6 is 22.9 Å². The molecule has 3 aliphatic rings. The number of ether oxygens (including phenoxy) is 3. The SMILES string of the molecule is C[C@@]1(c2ccc(Cl)cc2F)Oc2ccccc2C(C2CCN(Cc3nc4nc(C(=O)O)sc4n3C[C@@H]3CCO3)CC2)O1. The molecule has 2 saturated heterocycles. The first-order valence-electron chi connectivity index (χ1n) is 14.1. The Bertz CT molecular complexity index is 1650. The van der Waals surface area contributed by atoms with E-state index < -0.39 is 17.6 Å². The summed E-state index contributed by atoms with van der Waals surface area (Å²) in [4.78, 5) is 23.6. The van der Waals surface area contributed by atoms with Gasteiger partial charge >= 0.3 is 5.97 Å². The Morgan fingerprint density at radius 1 is 1.19 bits per heavy atom. The van der Waals surface area contributed by atoms with Crippen molar-refractivity contribution in [2.45, 2.75) is 57.3 Å². The molecule has 4 aromatic rings.